The van der Waals surface area contributed by atoms with Gasteiger partial charge in [-0.2, -0.15) is 0 Å². The molecule has 134 valence electrons. The molecule has 2 aromatic heterocycles. The molecule has 0 radical (unpaired) electrons. The van der Waals surface area contributed by atoms with Crippen molar-refractivity contribution in [3.8, 4) is 0 Å². The van der Waals surface area contributed by atoms with Crippen LogP contribution in [0.1, 0.15) is 49.6 Å². The Hall–Kier alpha value is -2.19. The molecule has 3 rings (SSSR count). The van der Waals surface area contributed by atoms with Crippen molar-refractivity contribution < 1.29 is 14.3 Å². The number of carbonyl (C=O) groups is 2. The Kier molecular flexibility index (Phi) is 4.91. The summed E-state index contributed by atoms with van der Waals surface area (Å²) < 4.78 is 4.83. The average Bonchev–Trinajstić information content (AvgIpc) is 3.13. The number of rotatable bonds is 4. The van der Waals surface area contributed by atoms with Crippen LogP contribution in [-0.2, 0) is 24.1 Å². The molecule has 0 fully saturated rings. The number of ether oxygens (including phenoxy) is 1. The number of esters is 1. The second-order valence-electron chi connectivity index (χ2n) is 6.15. The third-order valence-corrected chi connectivity index (χ3v) is 5.44. The van der Waals surface area contributed by atoms with Crippen LogP contribution in [0.5, 0.6) is 0 Å². The minimum atomic E-state index is -0.433. The number of fused-ring (bicyclic) bond motifs is 1. The summed E-state index contributed by atoms with van der Waals surface area (Å²) in [6.07, 6.45) is 1.50. The maximum absolute atomic E-state index is 12.7. The molecule has 1 aliphatic heterocycles. The Morgan fingerprint density at radius 1 is 1.44 bits per heavy atom. The zero-order valence-corrected chi connectivity index (χ0v) is 15.7. The Morgan fingerprint density at radius 2 is 2.20 bits per heavy atom. The van der Waals surface area contributed by atoms with Crippen molar-refractivity contribution in [2.75, 3.05) is 26.0 Å². The van der Waals surface area contributed by atoms with E-state index in [1.807, 2.05) is 6.92 Å². The highest BCUT2D eigenvalue weighted by Gasteiger charge is 2.25. The molecule has 0 atom stereocenters. The summed E-state index contributed by atoms with van der Waals surface area (Å²) in [4.78, 5) is 35.7. The second kappa shape index (κ2) is 6.97. The molecule has 0 aliphatic carbocycles. The third-order valence-electron chi connectivity index (χ3n) is 4.44. The van der Waals surface area contributed by atoms with Crippen molar-refractivity contribution in [1.82, 2.24) is 14.9 Å². The second-order valence-corrected chi connectivity index (χ2v) is 7.24. The van der Waals surface area contributed by atoms with Crippen molar-refractivity contribution in [3.63, 3.8) is 0 Å². The molecule has 0 unspecified atom stereocenters. The first-order valence-corrected chi connectivity index (χ1v) is 9.04. The summed E-state index contributed by atoms with van der Waals surface area (Å²) in [6.45, 7) is 5.50. The summed E-state index contributed by atoms with van der Waals surface area (Å²) in [7, 11) is 3.41. The lowest BCUT2D eigenvalue weighted by molar-refractivity contribution is 0.0599. The molecular formula is C17H22N4O3S. The average molecular weight is 362 g/mol. The smallest absolute Gasteiger partial charge is 0.339 e. The number of anilines is 1. The first-order chi connectivity index (χ1) is 11.9. The quantitative estimate of drug-likeness (QED) is 0.816. The lowest BCUT2D eigenvalue weighted by Crippen LogP contribution is -2.25. The number of hydrogen-bond acceptors (Lipinski definition) is 6. The Morgan fingerprint density at radius 3 is 2.88 bits per heavy atom. The Bertz CT molecular complexity index is 824. The van der Waals surface area contributed by atoms with E-state index < -0.39 is 5.97 Å². The molecule has 0 spiro atoms. The molecule has 2 aromatic rings. The van der Waals surface area contributed by atoms with E-state index in [0.717, 1.165) is 25.2 Å². The molecule has 1 amide bonds. The monoisotopic (exact) mass is 362 g/mol. The summed E-state index contributed by atoms with van der Waals surface area (Å²) >= 11 is 1.51. The number of methoxy groups -OCH3 is 1. The van der Waals surface area contributed by atoms with E-state index in [4.69, 9.17) is 4.74 Å². The molecular weight excluding hydrogens is 340 g/mol. The molecule has 0 saturated carbocycles. The number of amides is 1. The first kappa shape index (κ1) is 17.6. The zero-order chi connectivity index (χ0) is 18.1. The van der Waals surface area contributed by atoms with Gasteiger partial charge in [-0.05, 0) is 26.0 Å². The lowest BCUT2D eigenvalue weighted by atomic mass is 10.1. The highest BCUT2D eigenvalue weighted by Crippen LogP contribution is 2.28. The number of aromatic nitrogens is 2. The molecule has 8 heteroatoms. The van der Waals surface area contributed by atoms with Crippen LogP contribution >= 0.6 is 11.3 Å². The lowest BCUT2D eigenvalue weighted by Gasteiger charge is -2.20. The number of nitrogens with one attached hydrogen (secondary N) is 2. The molecule has 7 nitrogen and oxygen atoms in total. The zero-order valence-electron chi connectivity index (χ0n) is 14.9. The van der Waals surface area contributed by atoms with Crippen LogP contribution in [0.15, 0.2) is 0 Å². The van der Waals surface area contributed by atoms with E-state index in [9.17, 15) is 9.59 Å². The van der Waals surface area contributed by atoms with E-state index in [-0.39, 0.29) is 5.91 Å². The minimum Gasteiger partial charge on any atom is -0.465 e. The van der Waals surface area contributed by atoms with Gasteiger partial charge in [-0.15, -0.1) is 11.3 Å². The standard InChI is InChI=1S/C17H22N4O3S/c1-5-10-13(16(23)24-4)9(2)14(18-10)15(22)20-17-19-11-6-7-21(3)8-12(11)25-17/h18H,5-8H2,1-4H3,(H,19,20,22). The highest BCUT2D eigenvalue weighted by atomic mass is 32.1. The topological polar surface area (TPSA) is 87.3 Å². The molecule has 0 saturated heterocycles. The molecule has 3 heterocycles. The van der Waals surface area contributed by atoms with Crippen molar-refractivity contribution in [1.29, 1.82) is 0 Å². The van der Waals surface area contributed by atoms with Gasteiger partial charge < -0.3 is 14.6 Å². The van der Waals surface area contributed by atoms with Crippen LogP contribution in [0.3, 0.4) is 0 Å². The summed E-state index contributed by atoms with van der Waals surface area (Å²) in [5.74, 6) is -0.723. The number of aryl methyl sites for hydroxylation is 1. The van der Waals surface area contributed by atoms with Crippen LogP contribution < -0.4 is 5.32 Å². The summed E-state index contributed by atoms with van der Waals surface area (Å²) in [5.41, 5.74) is 3.18. The van der Waals surface area contributed by atoms with Crippen LogP contribution in [0, 0.1) is 6.92 Å². The maximum atomic E-state index is 12.7. The van der Waals surface area contributed by atoms with Crippen LogP contribution in [0.2, 0.25) is 0 Å². The van der Waals surface area contributed by atoms with Gasteiger partial charge >= 0.3 is 5.97 Å². The number of likely N-dealkylation sites (N-methyl/N-ethyl adjacent to an activating group) is 1. The number of thiazole rings is 1. The van der Waals surface area contributed by atoms with E-state index in [1.165, 1.54) is 23.3 Å². The third kappa shape index (κ3) is 3.32. The molecule has 0 aromatic carbocycles. The number of aromatic amines is 1. The molecule has 25 heavy (non-hydrogen) atoms. The number of H-pyrrole nitrogens is 1. The van der Waals surface area contributed by atoms with Gasteiger partial charge in [-0.1, -0.05) is 6.92 Å². The van der Waals surface area contributed by atoms with Crippen molar-refractivity contribution in [3.05, 3.63) is 33.1 Å². The predicted octanol–water partition coefficient (Wildman–Crippen LogP) is 2.37. The van der Waals surface area contributed by atoms with E-state index in [0.29, 0.717) is 34.1 Å². The SMILES string of the molecule is CCc1[nH]c(C(=O)Nc2nc3c(s2)CN(C)CC3)c(C)c1C(=O)OC. The Balaban J connectivity index is 1.85. The van der Waals surface area contributed by atoms with Gasteiger partial charge in [0.1, 0.15) is 5.69 Å². The van der Waals surface area contributed by atoms with Crippen molar-refractivity contribution >= 4 is 28.3 Å². The fraction of sp³-hybridized carbons (Fsp3) is 0.471. The van der Waals surface area contributed by atoms with E-state index in [2.05, 4.69) is 27.2 Å². The minimum absolute atomic E-state index is 0.290. The van der Waals surface area contributed by atoms with Gasteiger partial charge in [0, 0.05) is 30.1 Å². The van der Waals surface area contributed by atoms with Crippen molar-refractivity contribution in [2.45, 2.75) is 33.2 Å². The van der Waals surface area contributed by atoms with Gasteiger partial charge in [0.15, 0.2) is 5.13 Å². The molecule has 0 bridgehead atoms. The Labute approximate surface area is 150 Å². The molecule has 2 N–H and O–H groups in total. The van der Waals surface area contributed by atoms with E-state index >= 15 is 0 Å². The number of carbonyl (C=O) groups excluding carboxylic acids is 2. The largest absolute Gasteiger partial charge is 0.465 e. The number of hydrogen-bond donors (Lipinski definition) is 2. The molecule has 1 aliphatic rings. The maximum Gasteiger partial charge on any atom is 0.339 e. The van der Waals surface area contributed by atoms with E-state index in [1.54, 1.807) is 6.92 Å². The normalized spacial score (nSPS) is 14.2. The first-order valence-electron chi connectivity index (χ1n) is 8.22. The fourth-order valence-corrected chi connectivity index (χ4v) is 4.15. The summed E-state index contributed by atoms with van der Waals surface area (Å²) in [5, 5.41) is 3.45. The van der Waals surface area contributed by atoms with Gasteiger partial charge in [0.25, 0.3) is 5.91 Å². The van der Waals surface area contributed by atoms with Gasteiger partial charge in [-0.25, -0.2) is 9.78 Å². The fourth-order valence-electron chi connectivity index (χ4n) is 3.07. The van der Waals surface area contributed by atoms with Gasteiger partial charge in [0.05, 0.1) is 18.4 Å². The predicted molar refractivity (Wildman–Crippen MR) is 96.4 cm³/mol. The van der Waals surface area contributed by atoms with Crippen LogP contribution in [-0.4, -0.2) is 47.4 Å². The van der Waals surface area contributed by atoms with Gasteiger partial charge in [-0.3, -0.25) is 10.1 Å². The van der Waals surface area contributed by atoms with Crippen molar-refractivity contribution in [2.24, 2.45) is 0 Å². The van der Waals surface area contributed by atoms with Crippen LogP contribution in [0.4, 0.5) is 5.13 Å². The van der Waals surface area contributed by atoms with Crippen LogP contribution in [0.25, 0.3) is 0 Å². The van der Waals surface area contributed by atoms with Gasteiger partial charge in [0.2, 0.25) is 0 Å². The summed E-state index contributed by atoms with van der Waals surface area (Å²) in [6, 6.07) is 0. The highest BCUT2D eigenvalue weighted by molar-refractivity contribution is 7.15. The number of nitrogens with zero attached hydrogens (tertiary/aromatic N) is 2.